The third kappa shape index (κ3) is 3.84. The van der Waals surface area contributed by atoms with Crippen molar-refractivity contribution >= 4 is 22.7 Å². The van der Waals surface area contributed by atoms with Gasteiger partial charge in [-0.2, -0.15) is 0 Å². The zero-order chi connectivity index (χ0) is 16.8. The number of aryl methyl sites for hydroxylation is 1. The number of fused-ring (bicyclic) bond motifs is 1. The molecule has 0 radical (unpaired) electrons. The first-order valence-corrected chi connectivity index (χ1v) is 7.87. The SMILES string of the molecule is COc1ccc(NC(N)=NCCCn2cnc3ccccc32)cc1. The number of nitrogens with one attached hydrogen (secondary N) is 1. The van der Waals surface area contributed by atoms with E-state index in [2.05, 4.69) is 25.9 Å². The van der Waals surface area contributed by atoms with Crippen molar-refractivity contribution in [3.05, 3.63) is 54.9 Å². The number of benzene rings is 2. The molecule has 6 nitrogen and oxygen atoms in total. The Morgan fingerprint density at radius 1 is 1.21 bits per heavy atom. The minimum absolute atomic E-state index is 0.413. The molecule has 1 aromatic heterocycles. The lowest BCUT2D eigenvalue weighted by atomic mass is 10.3. The molecule has 0 bridgehead atoms. The fourth-order valence-electron chi connectivity index (χ4n) is 2.49. The highest BCUT2D eigenvalue weighted by atomic mass is 16.5. The van der Waals surface area contributed by atoms with Crippen LogP contribution in [0.5, 0.6) is 5.75 Å². The van der Waals surface area contributed by atoms with Crippen LogP contribution >= 0.6 is 0 Å². The van der Waals surface area contributed by atoms with Crippen molar-refractivity contribution in [1.29, 1.82) is 0 Å². The van der Waals surface area contributed by atoms with Gasteiger partial charge in [-0.25, -0.2) is 4.98 Å². The van der Waals surface area contributed by atoms with Gasteiger partial charge in [0.05, 0.1) is 24.5 Å². The van der Waals surface area contributed by atoms with Crippen LogP contribution in [0.25, 0.3) is 11.0 Å². The molecule has 0 aliphatic carbocycles. The van der Waals surface area contributed by atoms with Gasteiger partial charge in [-0.05, 0) is 42.8 Å². The molecular formula is C18H21N5O. The maximum Gasteiger partial charge on any atom is 0.193 e. The summed E-state index contributed by atoms with van der Waals surface area (Å²) in [7, 11) is 1.64. The summed E-state index contributed by atoms with van der Waals surface area (Å²) in [6.07, 6.45) is 2.76. The highest BCUT2D eigenvalue weighted by Gasteiger charge is 2.01. The molecule has 0 aliphatic heterocycles. The van der Waals surface area contributed by atoms with Crippen molar-refractivity contribution < 1.29 is 4.74 Å². The number of methoxy groups -OCH3 is 1. The molecule has 0 saturated carbocycles. The van der Waals surface area contributed by atoms with Gasteiger partial charge in [-0.3, -0.25) is 4.99 Å². The molecule has 124 valence electrons. The Balaban J connectivity index is 1.50. The predicted molar refractivity (Wildman–Crippen MR) is 97.5 cm³/mol. The van der Waals surface area contributed by atoms with E-state index in [-0.39, 0.29) is 0 Å². The Hall–Kier alpha value is -3.02. The number of anilines is 1. The Kier molecular flexibility index (Phi) is 4.96. The fraction of sp³-hybridized carbons (Fsp3) is 0.222. The number of nitrogens with two attached hydrogens (primary N) is 1. The quantitative estimate of drug-likeness (QED) is 0.415. The number of rotatable bonds is 6. The zero-order valence-corrected chi connectivity index (χ0v) is 13.6. The average Bonchev–Trinajstić information content (AvgIpc) is 3.03. The monoisotopic (exact) mass is 323 g/mol. The molecule has 24 heavy (non-hydrogen) atoms. The van der Waals surface area contributed by atoms with Crippen molar-refractivity contribution in [3.63, 3.8) is 0 Å². The number of nitrogens with zero attached hydrogens (tertiary/aromatic N) is 3. The lowest BCUT2D eigenvalue weighted by molar-refractivity contribution is 0.415. The third-order valence-electron chi connectivity index (χ3n) is 3.73. The van der Waals surface area contributed by atoms with Crippen molar-refractivity contribution in [2.45, 2.75) is 13.0 Å². The smallest absolute Gasteiger partial charge is 0.193 e. The van der Waals surface area contributed by atoms with Crippen LogP contribution in [0.3, 0.4) is 0 Å². The Labute approximate surface area is 141 Å². The van der Waals surface area contributed by atoms with Gasteiger partial charge in [0.25, 0.3) is 0 Å². The van der Waals surface area contributed by atoms with Gasteiger partial charge < -0.3 is 20.4 Å². The zero-order valence-electron chi connectivity index (χ0n) is 13.6. The maximum atomic E-state index is 5.91. The van der Waals surface area contributed by atoms with Crippen LogP contribution in [0.4, 0.5) is 5.69 Å². The number of aromatic nitrogens is 2. The Morgan fingerprint density at radius 3 is 2.79 bits per heavy atom. The van der Waals surface area contributed by atoms with Gasteiger partial charge in [-0.1, -0.05) is 12.1 Å². The topological polar surface area (TPSA) is 77.5 Å². The third-order valence-corrected chi connectivity index (χ3v) is 3.73. The van der Waals surface area contributed by atoms with Gasteiger partial charge in [0.1, 0.15) is 5.75 Å². The number of aliphatic imine (C=N–C) groups is 1. The molecule has 1 heterocycles. The molecule has 0 amide bonds. The molecule has 0 atom stereocenters. The minimum atomic E-state index is 0.413. The second-order valence-corrected chi connectivity index (χ2v) is 5.40. The van der Waals surface area contributed by atoms with E-state index >= 15 is 0 Å². The van der Waals surface area contributed by atoms with Crippen molar-refractivity contribution in [3.8, 4) is 5.75 Å². The Bertz CT molecular complexity index is 823. The molecule has 6 heteroatoms. The van der Waals surface area contributed by atoms with Crippen LogP contribution in [0.1, 0.15) is 6.42 Å². The second-order valence-electron chi connectivity index (χ2n) is 5.40. The molecule has 0 unspecified atom stereocenters. The summed E-state index contributed by atoms with van der Waals surface area (Å²) in [6, 6.07) is 15.7. The highest BCUT2D eigenvalue weighted by Crippen LogP contribution is 2.15. The van der Waals surface area contributed by atoms with E-state index in [0.717, 1.165) is 35.4 Å². The van der Waals surface area contributed by atoms with Crippen LogP contribution in [-0.4, -0.2) is 29.2 Å². The molecule has 0 fully saturated rings. The molecular weight excluding hydrogens is 302 g/mol. The number of imidazole rings is 1. The average molecular weight is 323 g/mol. The molecule has 0 spiro atoms. The maximum absolute atomic E-state index is 5.91. The number of hydrogen-bond donors (Lipinski definition) is 2. The van der Waals surface area contributed by atoms with E-state index in [4.69, 9.17) is 10.5 Å². The number of para-hydroxylation sites is 2. The van der Waals surface area contributed by atoms with E-state index in [1.165, 1.54) is 0 Å². The van der Waals surface area contributed by atoms with Crippen molar-refractivity contribution in [1.82, 2.24) is 9.55 Å². The summed E-state index contributed by atoms with van der Waals surface area (Å²) in [5, 5.41) is 3.07. The lowest BCUT2D eigenvalue weighted by Gasteiger charge is -2.07. The first kappa shape index (κ1) is 15.9. The van der Waals surface area contributed by atoms with Crippen LogP contribution in [-0.2, 0) is 6.54 Å². The number of hydrogen-bond acceptors (Lipinski definition) is 3. The predicted octanol–water partition coefficient (Wildman–Crippen LogP) is 2.86. The van der Waals surface area contributed by atoms with Crippen molar-refractivity contribution in [2.24, 2.45) is 10.7 Å². The summed E-state index contributed by atoms with van der Waals surface area (Å²) < 4.78 is 7.26. The van der Waals surface area contributed by atoms with Crippen LogP contribution < -0.4 is 15.8 Å². The van der Waals surface area contributed by atoms with Gasteiger partial charge in [0.15, 0.2) is 5.96 Å². The first-order valence-electron chi connectivity index (χ1n) is 7.87. The highest BCUT2D eigenvalue weighted by molar-refractivity contribution is 5.92. The Morgan fingerprint density at radius 2 is 2.00 bits per heavy atom. The van der Waals surface area contributed by atoms with Gasteiger partial charge in [-0.15, -0.1) is 0 Å². The minimum Gasteiger partial charge on any atom is -0.497 e. The molecule has 2 aromatic carbocycles. The van der Waals surface area contributed by atoms with Gasteiger partial charge in [0.2, 0.25) is 0 Å². The molecule has 0 saturated heterocycles. The van der Waals surface area contributed by atoms with E-state index < -0.39 is 0 Å². The summed E-state index contributed by atoms with van der Waals surface area (Å²) in [6.45, 7) is 1.52. The number of ether oxygens (including phenoxy) is 1. The molecule has 3 aromatic rings. The first-order chi connectivity index (χ1) is 11.8. The van der Waals surface area contributed by atoms with E-state index in [1.54, 1.807) is 7.11 Å². The fourth-order valence-corrected chi connectivity index (χ4v) is 2.49. The van der Waals surface area contributed by atoms with E-state index in [9.17, 15) is 0 Å². The van der Waals surface area contributed by atoms with E-state index in [0.29, 0.717) is 12.5 Å². The van der Waals surface area contributed by atoms with Crippen LogP contribution in [0.2, 0.25) is 0 Å². The lowest BCUT2D eigenvalue weighted by Crippen LogP contribution is -2.22. The summed E-state index contributed by atoms with van der Waals surface area (Å²) in [5.41, 5.74) is 8.96. The second kappa shape index (κ2) is 7.50. The largest absolute Gasteiger partial charge is 0.497 e. The standard InChI is InChI=1S/C18H21N5O/c1-24-15-9-7-14(8-10-15)22-18(19)20-11-4-12-23-13-21-16-5-2-3-6-17(16)23/h2-3,5-10,13H,4,11-12H2,1H3,(H3,19,20,22). The van der Waals surface area contributed by atoms with Crippen molar-refractivity contribution in [2.75, 3.05) is 19.0 Å². The summed E-state index contributed by atoms with van der Waals surface area (Å²) >= 11 is 0. The summed E-state index contributed by atoms with van der Waals surface area (Å²) in [5.74, 6) is 1.22. The molecule has 3 rings (SSSR count). The van der Waals surface area contributed by atoms with Gasteiger partial charge in [0, 0.05) is 18.8 Å². The van der Waals surface area contributed by atoms with E-state index in [1.807, 2.05) is 48.8 Å². The van der Waals surface area contributed by atoms with Crippen LogP contribution in [0.15, 0.2) is 59.9 Å². The normalized spacial score (nSPS) is 11.6. The summed E-state index contributed by atoms with van der Waals surface area (Å²) in [4.78, 5) is 8.74. The number of guanidine groups is 1. The molecule has 0 aliphatic rings. The van der Waals surface area contributed by atoms with Crippen LogP contribution in [0, 0.1) is 0 Å². The van der Waals surface area contributed by atoms with Gasteiger partial charge >= 0.3 is 0 Å². The molecule has 3 N–H and O–H groups in total.